The predicted molar refractivity (Wildman–Crippen MR) is 91.2 cm³/mol. The van der Waals surface area contributed by atoms with Crippen LogP contribution in [0.25, 0.3) is 0 Å². The van der Waals surface area contributed by atoms with Crippen molar-refractivity contribution in [2.45, 2.75) is 44.6 Å². The van der Waals surface area contributed by atoms with Crippen molar-refractivity contribution in [1.29, 1.82) is 0 Å². The van der Waals surface area contributed by atoms with Crippen LogP contribution in [0.1, 0.15) is 38.2 Å². The lowest BCUT2D eigenvalue weighted by Gasteiger charge is -2.28. The number of aliphatic carboxylic acids is 1. The van der Waals surface area contributed by atoms with Crippen molar-refractivity contribution in [1.82, 2.24) is 5.32 Å². The summed E-state index contributed by atoms with van der Waals surface area (Å²) in [4.78, 5) is 23.0. The van der Waals surface area contributed by atoms with Crippen LogP contribution >= 0.6 is 0 Å². The molecule has 0 radical (unpaired) electrons. The Labute approximate surface area is 143 Å². The highest BCUT2D eigenvalue weighted by Crippen LogP contribution is 2.14. The van der Waals surface area contributed by atoms with Gasteiger partial charge in [-0.05, 0) is 43.9 Å². The molecule has 1 aromatic rings. The number of unbranched alkanes of at least 4 members (excludes halogenated alkanes) is 1. The number of ether oxygens (including phenoxy) is 2. The lowest BCUT2D eigenvalue weighted by molar-refractivity contribution is -0.139. The Morgan fingerprint density at radius 3 is 2.38 bits per heavy atom. The number of amides is 1. The van der Waals surface area contributed by atoms with Crippen LogP contribution in [0.3, 0.4) is 0 Å². The van der Waals surface area contributed by atoms with Crippen LogP contribution in [0.5, 0.6) is 5.75 Å². The molecule has 134 valence electrons. The summed E-state index contributed by atoms with van der Waals surface area (Å²) in [6.07, 6.45) is 2.73. The molecule has 1 atom stereocenters. The zero-order valence-corrected chi connectivity index (χ0v) is 14.6. The summed E-state index contributed by atoms with van der Waals surface area (Å²) in [6.45, 7) is 1.84. The summed E-state index contributed by atoms with van der Waals surface area (Å²) in [5.41, 5.74) is 0.319. The van der Waals surface area contributed by atoms with E-state index in [-0.39, 0.29) is 18.9 Å². The standard InChI is InChI=1S/C18H27NO5/c1-18(13-23-2,12-17(21)22)19-16(20)7-5-4-6-14-8-10-15(24-3)11-9-14/h8-11H,4-7,12-13H2,1-3H3,(H,19,20)(H,21,22)/t18-/m0/s1. The summed E-state index contributed by atoms with van der Waals surface area (Å²) in [7, 11) is 3.12. The number of rotatable bonds is 11. The minimum atomic E-state index is -0.964. The van der Waals surface area contributed by atoms with E-state index in [0.29, 0.717) is 6.42 Å². The van der Waals surface area contributed by atoms with Crippen LogP contribution < -0.4 is 10.1 Å². The van der Waals surface area contributed by atoms with Crippen molar-refractivity contribution in [3.63, 3.8) is 0 Å². The van der Waals surface area contributed by atoms with Crippen LogP contribution in [-0.2, 0) is 20.7 Å². The van der Waals surface area contributed by atoms with Gasteiger partial charge in [0.25, 0.3) is 0 Å². The highest BCUT2D eigenvalue weighted by molar-refractivity contribution is 5.78. The average Bonchev–Trinajstić information content (AvgIpc) is 2.51. The summed E-state index contributed by atoms with van der Waals surface area (Å²) in [5.74, 6) is -0.283. The Morgan fingerprint density at radius 1 is 1.17 bits per heavy atom. The third-order valence-corrected chi connectivity index (χ3v) is 3.72. The second kappa shape index (κ2) is 9.93. The van der Waals surface area contributed by atoms with Gasteiger partial charge in [0.15, 0.2) is 0 Å². The fourth-order valence-electron chi connectivity index (χ4n) is 2.59. The fourth-order valence-corrected chi connectivity index (χ4v) is 2.59. The first-order chi connectivity index (χ1) is 11.4. The van der Waals surface area contributed by atoms with E-state index in [1.54, 1.807) is 14.0 Å². The minimum absolute atomic E-state index is 0.148. The minimum Gasteiger partial charge on any atom is -0.497 e. The number of methoxy groups -OCH3 is 2. The molecule has 0 unspecified atom stereocenters. The van der Waals surface area contributed by atoms with Crippen LogP contribution in [0, 0.1) is 0 Å². The molecule has 0 saturated heterocycles. The Bertz CT molecular complexity index is 529. The Morgan fingerprint density at radius 2 is 1.83 bits per heavy atom. The highest BCUT2D eigenvalue weighted by Gasteiger charge is 2.29. The fraction of sp³-hybridized carbons (Fsp3) is 0.556. The molecule has 24 heavy (non-hydrogen) atoms. The van der Waals surface area contributed by atoms with Crippen LogP contribution in [0.4, 0.5) is 0 Å². The molecule has 1 aromatic carbocycles. The van der Waals surface area contributed by atoms with Crippen molar-refractivity contribution in [2.24, 2.45) is 0 Å². The van der Waals surface area contributed by atoms with Gasteiger partial charge in [0.05, 0.1) is 25.7 Å². The van der Waals surface area contributed by atoms with E-state index in [4.69, 9.17) is 14.6 Å². The normalized spacial score (nSPS) is 13.1. The lowest BCUT2D eigenvalue weighted by atomic mass is 9.98. The number of nitrogens with one attached hydrogen (secondary N) is 1. The molecule has 0 aliphatic carbocycles. The number of aryl methyl sites for hydroxylation is 1. The molecule has 0 bridgehead atoms. The number of carbonyl (C=O) groups excluding carboxylic acids is 1. The predicted octanol–water partition coefficient (Wildman–Crippen LogP) is 2.40. The van der Waals surface area contributed by atoms with Gasteiger partial charge in [0, 0.05) is 13.5 Å². The van der Waals surface area contributed by atoms with E-state index >= 15 is 0 Å². The summed E-state index contributed by atoms with van der Waals surface area (Å²) < 4.78 is 10.1. The van der Waals surface area contributed by atoms with Crippen molar-refractivity contribution in [3.8, 4) is 5.75 Å². The monoisotopic (exact) mass is 337 g/mol. The van der Waals surface area contributed by atoms with Gasteiger partial charge in [-0.25, -0.2) is 0 Å². The molecule has 6 nitrogen and oxygen atoms in total. The van der Waals surface area contributed by atoms with E-state index in [9.17, 15) is 9.59 Å². The maximum atomic E-state index is 12.0. The van der Waals surface area contributed by atoms with E-state index in [1.165, 1.54) is 12.7 Å². The number of carboxylic acid groups (broad SMARTS) is 1. The summed E-state index contributed by atoms with van der Waals surface area (Å²) in [6, 6.07) is 7.87. The first-order valence-corrected chi connectivity index (χ1v) is 8.03. The molecule has 0 fully saturated rings. The van der Waals surface area contributed by atoms with E-state index in [2.05, 4.69) is 5.32 Å². The SMILES string of the molecule is COC[C@](C)(CC(=O)O)NC(=O)CCCCc1ccc(OC)cc1. The van der Waals surface area contributed by atoms with Gasteiger partial charge in [0.1, 0.15) is 5.75 Å². The van der Waals surface area contributed by atoms with Gasteiger partial charge in [-0.2, -0.15) is 0 Å². The number of hydrogen-bond acceptors (Lipinski definition) is 4. The van der Waals surface area contributed by atoms with Crippen molar-refractivity contribution >= 4 is 11.9 Å². The Hall–Kier alpha value is -2.08. The maximum Gasteiger partial charge on any atom is 0.305 e. The molecule has 1 rings (SSSR count). The van der Waals surface area contributed by atoms with Crippen LogP contribution in [0.2, 0.25) is 0 Å². The van der Waals surface area contributed by atoms with Crippen molar-refractivity contribution in [3.05, 3.63) is 29.8 Å². The third kappa shape index (κ3) is 7.46. The van der Waals surface area contributed by atoms with Crippen LogP contribution in [-0.4, -0.2) is 43.3 Å². The van der Waals surface area contributed by atoms with Gasteiger partial charge >= 0.3 is 5.97 Å². The van der Waals surface area contributed by atoms with Gasteiger partial charge in [-0.3, -0.25) is 9.59 Å². The molecule has 0 heterocycles. The second-order valence-corrected chi connectivity index (χ2v) is 6.17. The zero-order chi connectivity index (χ0) is 18.0. The number of carbonyl (C=O) groups is 2. The maximum absolute atomic E-state index is 12.0. The lowest BCUT2D eigenvalue weighted by Crippen LogP contribution is -2.50. The number of hydrogen-bond donors (Lipinski definition) is 2. The molecule has 0 aliphatic heterocycles. The molecule has 0 aliphatic rings. The van der Waals surface area contributed by atoms with Gasteiger partial charge < -0.3 is 19.9 Å². The van der Waals surface area contributed by atoms with Gasteiger partial charge in [-0.1, -0.05) is 12.1 Å². The quantitative estimate of drug-likeness (QED) is 0.606. The largest absolute Gasteiger partial charge is 0.497 e. The van der Waals surface area contributed by atoms with E-state index in [1.807, 2.05) is 24.3 Å². The molecular formula is C18H27NO5. The first kappa shape index (κ1) is 20.0. The molecule has 0 saturated carbocycles. The second-order valence-electron chi connectivity index (χ2n) is 6.17. The van der Waals surface area contributed by atoms with E-state index < -0.39 is 11.5 Å². The molecular weight excluding hydrogens is 310 g/mol. The smallest absolute Gasteiger partial charge is 0.305 e. The number of benzene rings is 1. The van der Waals surface area contributed by atoms with E-state index in [0.717, 1.165) is 25.0 Å². The first-order valence-electron chi connectivity index (χ1n) is 8.03. The average molecular weight is 337 g/mol. The molecule has 6 heteroatoms. The van der Waals surface area contributed by atoms with Gasteiger partial charge in [-0.15, -0.1) is 0 Å². The number of carboxylic acids is 1. The Balaban J connectivity index is 2.35. The molecule has 0 spiro atoms. The molecule has 0 aromatic heterocycles. The third-order valence-electron chi connectivity index (χ3n) is 3.72. The summed E-state index contributed by atoms with van der Waals surface area (Å²) >= 11 is 0. The Kier molecular flexibility index (Phi) is 8.26. The topological polar surface area (TPSA) is 84.9 Å². The van der Waals surface area contributed by atoms with Gasteiger partial charge in [0.2, 0.25) is 5.91 Å². The highest BCUT2D eigenvalue weighted by atomic mass is 16.5. The molecule has 1 amide bonds. The van der Waals surface area contributed by atoms with Crippen molar-refractivity contribution in [2.75, 3.05) is 20.8 Å². The summed E-state index contributed by atoms with van der Waals surface area (Å²) in [5, 5.41) is 11.7. The van der Waals surface area contributed by atoms with Crippen molar-refractivity contribution < 1.29 is 24.2 Å². The van der Waals surface area contributed by atoms with Crippen LogP contribution in [0.15, 0.2) is 24.3 Å². The molecule has 2 N–H and O–H groups in total. The zero-order valence-electron chi connectivity index (χ0n) is 14.6.